The Kier molecular flexibility index (Phi) is 21.8. The number of nitrogens with two attached hydrogens (primary N) is 1. The first-order valence-electron chi connectivity index (χ1n) is 15.3. The zero-order chi connectivity index (χ0) is 38.3. The molecule has 0 saturated carbocycles. The predicted octanol–water partition coefficient (Wildman–Crippen LogP) is 6.23. The number of likely N-dealkylation sites (tertiary alicyclic amines) is 1. The van der Waals surface area contributed by atoms with E-state index in [0.29, 0.717) is 19.2 Å². The van der Waals surface area contributed by atoms with E-state index in [1.165, 1.54) is 19.1 Å². The summed E-state index contributed by atoms with van der Waals surface area (Å²) in [7, 11) is -1.78. The van der Waals surface area contributed by atoms with E-state index in [1.807, 2.05) is 62.3 Å². The minimum atomic E-state index is -3.09. The van der Waals surface area contributed by atoms with Crippen LogP contribution in [0.1, 0.15) is 103 Å². The highest BCUT2D eigenvalue weighted by Crippen LogP contribution is 2.45. The van der Waals surface area contributed by atoms with Crippen molar-refractivity contribution in [1.82, 2.24) is 20.4 Å². The highest BCUT2D eigenvalue weighted by molar-refractivity contribution is 7.51. The summed E-state index contributed by atoms with van der Waals surface area (Å²) < 4.78 is 68.9. The topological polar surface area (TPSA) is 186 Å². The summed E-state index contributed by atoms with van der Waals surface area (Å²) in [5, 5.41) is 17.4. The molecule has 1 heterocycles. The van der Waals surface area contributed by atoms with Crippen molar-refractivity contribution >= 4 is 27.4 Å². The molecule has 47 heavy (non-hydrogen) atoms. The first-order valence-corrected chi connectivity index (χ1v) is 18.4. The van der Waals surface area contributed by atoms with Crippen LogP contribution in [0.25, 0.3) is 0 Å². The molecule has 6 N–H and O–H groups in total. The molecule has 1 atom stereocenters. The molecule has 1 fully saturated rings. The molecule has 1 unspecified atom stereocenters. The number of rotatable bonds is 9. The maximum absolute atomic E-state index is 13.0. The van der Waals surface area contributed by atoms with Crippen molar-refractivity contribution in [1.29, 1.82) is 0 Å². The molecule has 0 radical (unpaired) electrons. The smallest absolute Gasteiger partial charge is 0.405 e. The molecule has 14 nitrogen and oxygen atoms in total. The molecule has 0 aromatic carbocycles. The zero-order valence-corrected chi connectivity index (χ0v) is 33.6. The van der Waals surface area contributed by atoms with E-state index in [-0.39, 0.29) is 16.6 Å². The summed E-state index contributed by atoms with van der Waals surface area (Å²) >= 11 is 0. The molecule has 18 heteroatoms. The molecule has 0 aromatic heterocycles. The normalized spacial score (nSPS) is 17.8. The van der Waals surface area contributed by atoms with E-state index >= 15 is 0 Å². The van der Waals surface area contributed by atoms with Gasteiger partial charge < -0.3 is 25.2 Å². The lowest BCUT2D eigenvalue weighted by atomic mass is 10.0. The van der Waals surface area contributed by atoms with Gasteiger partial charge in [0.1, 0.15) is 6.04 Å². The maximum Gasteiger partial charge on any atom is 0.405 e. The van der Waals surface area contributed by atoms with Gasteiger partial charge in [-0.1, -0.05) is 0 Å². The van der Waals surface area contributed by atoms with Gasteiger partial charge in [-0.2, -0.15) is 0 Å². The molecule has 0 spiro atoms. The maximum atomic E-state index is 13.0. The molecule has 0 bridgehead atoms. The summed E-state index contributed by atoms with van der Waals surface area (Å²) in [6.07, 6.45) is -0.584. The number of hydrogen-bond donors (Lipinski definition) is 5. The molecule has 0 amide bonds. The highest BCUT2D eigenvalue weighted by atomic mass is 31.2. The number of carboxylic acids is 1. The van der Waals surface area contributed by atoms with Crippen LogP contribution in [0.2, 0.25) is 0 Å². The molecular formula is C29H66F2N6O8P2. The standard InChI is InChI=1S/C9H15F2NO2.C8H20NO3P.C6H15N3.C6H16NO3P/c1-8(2,3)12-5-9(10,11)4-6(12)7(13)14;1-6-11-13(10,12-7-2)9-8(3,4)5;1-6(2,3)9-5(7)8-4;1-6(2,3)7-11(8,9-4)10-5/h6H,4-5H2,1-3H3,(H,13,14);6-7H2,1-5H3,(H,9,10);1-4H3,(H3,7,8,9);1-5H3,(H,7,8). The second-order valence-electron chi connectivity index (χ2n) is 14.6. The number of aliphatic imine (C=N–C) groups is 1. The lowest BCUT2D eigenvalue weighted by Crippen LogP contribution is -2.48. The van der Waals surface area contributed by atoms with E-state index in [0.717, 1.165) is 0 Å². The zero-order valence-electron chi connectivity index (χ0n) is 31.8. The Hall–Kier alpha value is -1.22. The lowest BCUT2D eigenvalue weighted by molar-refractivity contribution is -0.144. The average Bonchev–Trinajstić information content (AvgIpc) is 3.18. The third-order valence-electron chi connectivity index (χ3n) is 5.18. The molecule has 0 aliphatic carbocycles. The van der Waals surface area contributed by atoms with E-state index < -0.39 is 51.9 Å². The van der Waals surface area contributed by atoms with Gasteiger partial charge in [-0.15, -0.1) is 0 Å². The number of carbonyl (C=O) groups is 1. The van der Waals surface area contributed by atoms with Gasteiger partial charge in [0.25, 0.3) is 5.92 Å². The van der Waals surface area contributed by atoms with Gasteiger partial charge in [0.15, 0.2) is 5.96 Å². The van der Waals surface area contributed by atoms with Gasteiger partial charge in [-0.05, 0) is 96.9 Å². The lowest BCUT2D eigenvalue weighted by Gasteiger charge is -2.34. The second-order valence-corrected chi connectivity index (χ2v) is 18.3. The van der Waals surface area contributed by atoms with Crippen LogP contribution in [0.3, 0.4) is 0 Å². The molecule has 1 rings (SSSR count). The van der Waals surface area contributed by atoms with Crippen molar-refractivity contribution in [3.8, 4) is 0 Å². The number of nitrogens with one attached hydrogen (secondary N) is 3. The Labute approximate surface area is 282 Å². The van der Waals surface area contributed by atoms with Crippen molar-refractivity contribution in [2.75, 3.05) is 41.0 Å². The first kappa shape index (κ1) is 50.2. The van der Waals surface area contributed by atoms with Crippen LogP contribution >= 0.6 is 15.5 Å². The molecule has 0 aromatic rings. The summed E-state index contributed by atoms with van der Waals surface area (Å²) in [6.45, 7) is 26.6. The number of halogens is 2. The fourth-order valence-corrected chi connectivity index (χ4v) is 6.47. The van der Waals surface area contributed by atoms with E-state index in [9.17, 15) is 22.7 Å². The van der Waals surface area contributed by atoms with Crippen LogP contribution in [0.5, 0.6) is 0 Å². The van der Waals surface area contributed by atoms with Crippen molar-refractivity contribution in [3.63, 3.8) is 0 Å². The number of carboxylic acid groups (broad SMARTS) is 1. The van der Waals surface area contributed by atoms with Crippen LogP contribution in [0, 0.1) is 0 Å². The van der Waals surface area contributed by atoms with E-state index in [2.05, 4.69) is 29.5 Å². The fraction of sp³-hybridized carbons (Fsp3) is 0.931. The molecular weight excluding hydrogens is 660 g/mol. The third kappa shape index (κ3) is 26.3. The second kappa shape index (κ2) is 20.5. The summed E-state index contributed by atoms with van der Waals surface area (Å²) in [4.78, 5) is 15.9. The first-order chi connectivity index (χ1) is 20.7. The van der Waals surface area contributed by atoms with Gasteiger partial charge in [-0.25, -0.2) is 28.1 Å². The minimum Gasteiger partial charge on any atom is -0.480 e. The Morgan fingerprint density at radius 3 is 1.45 bits per heavy atom. The number of guanidine groups is 1. The van der Waals surface area contributed by atoms with Crippen LogP contribution in [-0.4, -0.2) is 97.1 Å². The van der Waals surface area contributed by atoms with Crippen molar-refractivity contribution in [2.24, 2.45) is 10.7 Å². The Balaban J connectivity index is -0.000000557. The number of nitrogens with zero attached hydrogens (tertiary/aromatic N) is 2. The Morgan fingerprint density at radius 2 is 1.26 bits per heavy atom. The minimum absolute atomic E-state index is 0.0175. The summed E-state index contributed by atoms with van der Waals surface area (Å²) in [6, 6.07) is -1.06. The number of hydrogen-bond acceptors (Lipinski definition) is 9. The summed E-state index contributed by atoms with van der Waals surface area (Å²) in [5.41, 5.74) is 4.32. The highest BCUT2D eigenvalue weighted by Gasteiger charge is 2.51. The van der Waals surface area contributed by atoms with Gasteiger partial charge in [-0.3, -0.25) is 23.7 Å². The molecule has 284 valence electrons. The third-order valence-corrected chi connectivity index (χ3v) is 9.23. The molecule has 1 aliphatic heterocycles. The molecule has 1 saturated heterocycles. The van der Waals surface area contributed by atoms with Gasteiger partial charge >= 0.3 is 21.5 Å². The van der Waals surface area contributed by atoms with Crippen molar-refractivity contribution < 1.29 is 45.9 Å². The molecule has 1 aliphatic rings. The van der Waals surface area contributed by atoms with Gasteiger partial charge in [0, 0.05) is 49.8 Å². The van der Waals surface area contributed by atoms with Crippen molar-refractivity contribution in [2.45, 2.75) is 137 Å². The van der Waals surface area contributed by atoms with E-state index in [4.69, 9.17) is 19.9 Å². The van der Waals surface area contributed by atoms with Crippen LogP contribution in [0.4, 0.5) is 8.78 Å². The number of alkyl halides is 2. The van der Waals surface area contributed by atoms with E-state index in [1.54, 1.807) is 41.7 Å². The van der Waals surface area contributed by atoms with Crippen molar-refractivity contribution in [3.05, 3.63) is 0 Å². The Morgan fingerprint density at radius 1 is 0.872 bits per heavy atom. The predicted molar refractivity (Wildman–Crippen MR) is 186 cm³/mol. The van der Waals surface area contributed by atoms with Gasteiger partial charge in [0.2, 0.25) is 0 Å². The SMILES string of the molecule is CC(C)(C)N1CC(F)(F)CC1C(=O)O.CCOP(=O)(NC(C)(C)C)OCC.CN=C(N)NC(C)(C)C.COP(=O)(NC(C)(C)C)OC. The number of aliphatic carboxylic acids is 1. The monoisotopic (exact) mass is 726 g/mol. The van der Waals surface area contributed by atoms with Crippen LogP contribution < -0.4 is 21.2 Å². The van der Waals surface area contributed by atoms with Gasteiger partial charge in [0.05, 0.1) is 19.8 Å². The van der Waals surface area contributed by atoms with Crippen LogP contribution in [-0.2, 0) is 32.0 Å². The quantitative estimate of drug-likeness (QED) is 0.102. The largest absolute Gasteiger partial charge is 0.480 e. The van der Waals surface area contributed by atoms with Crippen LogP contribution in [0.15, 0.2) is 4.99 Å². The fourth-order valence-electron chi connectivity index (χ4n) is 3.61. The summed E-state index contributed by atoms with van der Waals surface area (Å²) in [5.74, 6) is -3.56. The average molecular weight is 727 g/mol. The Bertz CT molecular complexity index is 1020.